The zero-order chi connectivity index (χ0) is 14.5. The highest BCUT2D eigenvalue weighted by Crippen LogP contribution is 2.38. The van der Waals surface area contributed by atoms with Crippen molar-refractivity contribution in [2.75, 3.05) is 13.2 Å². The summed E-state index contributed by atoms with van der Waals surface area (Å²) < 4.78 is 5.54. The topological polar surface area (TPSA) is 96.9 Å². The highest BCUT2D eigenvalue weighted by molar-refractivity contribution is 6.07. The summed E-state index contributed by atoms with van der Waals surface area (Å²) in [6.45, 7) is 6.75. The van der Waals surface area contributed by atoms with E-state index < -0.39 is 11.0 Å². The molecule has 4 N–H and O–H groups in total. The summed E-state index contributed by atoms with van der Waals surface area (Å²) in [6, 6.07) is 0. The van der Waals surface area contributed by atoms with Crippen molar-refractivity contribution in [1.82, 2.24) is 5.32 Å². The molecule has 0 unspecified atom stereocenters. The minimum absolute atomic E-state index is 0.0108. The zero-order valence-electron chi connectivity index (χ0n) is 12.0. The number of amidine groups is 1. The van der Waals surface area contributed by atoms with Crippen LogP contribution in [0, 0.1) is 5.41 Å². The Morgan fingerprint density at radius 3 is 2.53 bits per heavy atom. The molecule has 0 radical (unpaired) electrons. The number of ether oxygens (including phenoxy) is 1. The highest BCUT2D eigenvalue weighted by atomic mass is 16.5. The van der Waals surface area contributed by atoms with E-state index in [1.165, 1.54) is 0 Å². The maximum Gasteiger partial charge on any atom is 0.234 e. The van der Waals surface area contributed by atoms with E-state index in [-0.39, 0.29) is 11.7 Å². The third kappa shape index (κ3) is 3.59. The van der Waals surface area contributed by atoms with Crippen LogP contribution in [0.4, 0.5) is 0 Å². The van der Waals surface area contributed by atoms with Gasteiger partial charge < -0.3 is 21.0 Å². The van der Waals surface area contributed by atoms with E-state index >= 15 is 0 Å². The first kappa shape index (κ1) is 15.8. The van der Waals surface area contributed by atoms with Crippen LogP contribution in [0.25, 0.3) is 0 Å². The predicted molar refractivity (Wildman–Crippen MR) is 73.0 cm³/mol. The van der Waals surface area contributed by atoms with Gasteiger partial charge in [0.1, 0.15) is 5.41 Å². The second kappa shape index (κ2) is 6.23. The Morgan fingerprint density at radius 1 is 1.47 bits per heavy atom. The molecule has 6 heteroatoms. The number of hydrogen-bond acceptors (Lipinski definition) is 4. The minimum Gasteiger partial charge on any atom is -0.409 e. The van der Waals surface area contributed by atoms with E-state index in [2.05, 4.69) is 10.5 Å². The lowest BCUT2D eigenvalue weighted by Crippen LogP contribution is -2.51. The van der Waals surface area contributed by atoms with E-state index in [1.807, 2.05) is 20.8 Å². The van der Waals surface area contributed by atoms with Gasteiger partial charge in [-0.2, -0.15) is 0 Å². The van der Waals surface area contributed by atoms with Crippen LogP contribution in [0.3, 0.4) is 0 Å². The van der Waals surface area contributed by atoms with Crippen LogP contribution in [0.1, 0.15) is 46.5 Å². The molecule has 0 aromatic carbocycles. The van der Waals surface area contributed by atoms with Crippen LogP contribution in [0.2, 0.25) is 0 Å². The van der Waals surface area contributed by atoms with Crippen molar-refractivity contribution >= 4 is 11.7 Å². The molecule has 0 heterocycles. The van der Waals surface area contributed by atoms with Gasteiger partial charge in [0.2, 0.25) is 5.91 Å². The molecule has 1 amide bonds. The van der Waals surface area contributed by atoms with Gasteiger partial charge >= 0.3 is 0 Å². The van der Waals surface area contributed by atoms with Crippen LogP contribution in [0.5, 0.6) is 0 Å². The molecule has 0 bridgehead atoms. The predicted octanol–water partition coefficient (Wildman–Crippen LogP) is 1.22. The van der Waals surface area contributed by atoms with Crippen LogP contribution >= 0.6 is 0 Å². The Balaban J connectivity index is 2.70. The van der Waals surface area contributed by atoms with E-state index in [9.17, 15) is 4.79 Å². The van der Waals surface area contributed by atoms with Crippen LogP contribution in [0.15, 0.2) is 5.16 Å². The molecule has 19 heavy (non-hydrogen) atoms. The number of nitrogens with one attached hydrogen (secondary N) is 1. The highest BCUT2D eigenvalue weighted by Gasteiger charge is 2.45. The smallest absolute Gasteiger partial charge is 0.234 e. The van der Waals surface area contributed by atoms with Gasteiger partial charge in [-0.15, -0.1) is 0 Å². The van der Waals surface area contributed by atoms with Gasteiger partial charge in [0.15, 0.2) is 5.84 Å². The molecule has 1 aliphatic rings. The fourth-order valence-corrected chi connectivity index (χ4v) is 2.58. The maximum atomic E-state index is 12.4. The summed E-state index contributed by atoms with van der Waals surface area (Å²) in [5.41, 5.74) is 4.45. The monoisotopic (exact) mass is 271 g/mol. The molecule has 1 rings (SSSR count). The zero-order valence-corrected chi connectivity index (χ0v) is 12.0. The Morgan fingerprint density at radius 2 is 2.05 bits per heavy atom. The van der Waals surface area contributed by atoms with Crippen LogP contribution in [-0.4, -0.2) is 35.7 Å². The largest absolute Gasteiger partial charge is 0.409 e. The van der Waals surface area contributed by atoms with Crippen molar-refractivity contribution in [2.45, 2.75) is 52.1 Å². The number of oxime groups is 1. The molecule has 6 nitrogen and oxygen atoms in total. The molecule has 1 fully saturated rings. The van der Waals surface area contributed by atoms with Crippen molar-refractivity contribution in [3.63, 3.8) is 0 Å². The van der Waals surface area contributed by atoms with Gasteiger partial charge in [0, 0.05) is 13.2 Å². The molecule has 0 spiro atoms. The summed E-state index contributed by atoms with van der Waals surface area (Å²) >= 11 is 0. The van der Waals surface area contributed by atoms with E-state index in [1.54, 1.807) is 0 Å². The Bertz CT molecular complexity index is 347. The first-order valence-electron chi connectivity index (χ1n) is 6.78. The second-order valence-corrected chi connectivity index (χ2v) is 5.65. The first-order valence-corrected chi connectivity index (χ1v) is 6.78. The number of rotatable bonds is 6. The molecule has 110 valence electrons. The Labute approximate surface area is 114 Å². The Kier molecular flexibility index (Phi) is 5.17. The number of nitrogens with two attached hydrogens (primary N) is 1. The van der Waals surface area contributed by atoms with Crippen molar-refractivity contribution in [1.29, 1.82) is 0 Å². The molecule has 1 aliphatic carbocycles. The fourth-order valence-electron chi connectivity index (χ4n) is 2.58. The second-order valence-electron chi connectivity index (χ2n) is 5.65. The van der Waals surface area contributed by atoms with Crippen molar-refractivity contribution < 1.29 is 14.7 Å². The van der Waals surface area contributed by atoms with Crippen LogP contribution in [-0.2, 0) is 9.53 Å². The molecule has 0 aromatic heterocycles. The minimum atomic E-state index is -0.850. The average Bonchev–Trinajstić information content (AvgIpc) is 2.85. The summed E-state index contributed by atoms with van der Waals surface area (Å²) in [4.78, 5) is 12.4. The molecule has 0 saturated heterocycles. The van der Waals surface area contributed by atoms with Crippen LogP contribution < -0.4 is 11.1 Å². The summed E-state index contributed by atoms with van der Waals surface area (Å²) in [5.74, 6) is -0.162. The van der Waals surface area contributed by atoms with Crippen molar-refractivity contribution in [3.05, 3.63) is 0 Å². The average molecular weight is 271 g/mol. The van der Waals surface area contributed by atoms with E-state index in [0.29, 0.717) is 26.0 Å². The molecular formula is C13H25N3O3. The van der Waals surface area contributed by atoms with Gasteiger partial charge in [-0.05, 0) is 33.6 Å². The molecule has 0 aromatic rings. The van der Waals surface area contributed by atoms with E-state index in [0.717, 1.165) is 12.8 Å². The normalized spacial score (nSPS) is 19.4. The number of carbonyl (C=O) groups is 1. The number of amides is 1. The number of carbonyl (C=O) groups excluding carboxylic acids is 1. The molecular weight excluding hydrogens is 246 g/mol. The summed E-state index contributed by atoms with van der Waals surface area (Å²) in [7, 11) is 0. The standard InChI is InChI=1S/C13H25N3O3/c1-4-19-12(2,3)9-15-11(17)13(10(14)16-18)7-5-6-8-13/h18H,4-9H2,1-3H3,(H2,14,16)(H,15,17). The van der Waals surface area contributed by atoms with Gasteiger partial charge in [-0.1, -0.05) is 18.0 Å². The lowest BCUT2D eigenvalue weighted by atomic mass is 9.83. The first-order chi connectivity index (χ1) is 8.88. The molecule has 0 atom stereocenters. The van der Waals surface area contributed by atoms with Gasteiger partial charge in [-0.25, -0.2) is 0 Å². The summed E-state index contributed by atoms with van der Waals surface area (Å²) in [5, 5.41) is 14.8. The SMILES string of the molecule is CCOC(C)(C)CNC(=O)C1(C(N)=NO)CCCC1. The lowest BCUT2D eigenvalue weighted by molar-refractivity contribution is -0.129. The lowest BCUT2D eigenvalue weighted by Gasteiger charge is -2.30. The number of hydrogen-bond donors (Lipinski definition) is 3. The Hall–Kier alpha value is -1.30. The van der Waals surface area contributed by atoms with Crippen molar-refractivity contribution in [2.24, 2.45) is 16.3 Å². The maximum absolute atomic E-state index is 12.4. The van der Waals surface area contributed by atoms with Crippen molar-refractivity contribution in [3.8, 4) is 0 Å². The summed E-state index contributed by atoms with van der Waals surface area (Å²) in [6.07, 6.45) is 3.09. The quantitative estimate of drug-likeness (QED) is 0.293. The molecule has 0 aliphatic heterocycles. The number of nitrogens with zero attached hydrogens (tertiary/aromatic N) is 1. The fraction of sp³-hybridized carbons (Fsp3) is 0.846. The molecule has 1 saturated carbocycles. The third-order valence-corrected chi connectivity index (χ3v) is 3.70. The van der Waals surface area contributed by atoms with E-state index in [4.69, 9.17) is 15.7 Å². The third-order valence-electron chi connectivity index (χ3n) is 3.70. The van der Waals surface area contributed by atoms with Gasteiger partial charge in [0.25, 0.3) is 0 Å². The van der Waals surface area contributed by atoms with Gasteiger partial charge in [-0.3, -0.25) is 4.79 Å². The van der Waals surface area contributed by atoms with Gasteiger partial charge in [0.05, 0.1) is 5.60 Å².